The van der Waals surface area contributed by atoms with Gasteiger partial charge in [-0.2, -0.15) is 0 Å². The fourth-order valence-electron chi connectivity index (χ4n) is 4.43. The molecule has 3 aromatic rings. The maximum atomic E-state index is 13.1. The van der Waals surface area contributed by atoms with Gasteiger partial charge in [0.25, 0.3) is 0 Å². The summed E-state index contributed by atoms with van der Waals surface area (Å²) in [6.45, 7) is 11.8. The van der Waals surface area contributed by atoms with Crippen LogP contribution in [0.5, 0.6) is 0 Å². The van der Waals surface area contributed by atoms with Crippen LogP contribution in [0.3, 0.4) is 0 Å². The van der Waals surface area contributed by atoms with Gasteiger partial charge in [-0.25, -0.2) is 23.1 Å². The summed E-state index contributed by atoms with van der Waals surface area (Å²) < 4.78 is 35.1. The zero-order valence-corrected chi connectivity index (χ0v) is 22.6. The van der Waals surface area contributed by atoms with E-state index in [0.717, 1.165) is 54.3 Å². The van der Waals surface area contributed by atoms with Crippen molar-refractivity contribution in [2.75, 3.05) is 18.0 Å². The van der Waals surface area contributed by atoms with Crippen molar-refractivity contribution in [3.8, 4) is 11.1 Å². The molecule has 2 heterocycles. The molecule has 1 aliphatic heterocycles. The summed E-state index contributed by atoms with van der Waals surface area (Å²) in [6, 6.07) is 15.4. The van der Waals surface area contributed by atoms with E-state index in [-0.39, 0.29) is 11.0 Å². The molecule has 1 aromatic heterocycles. The highest BCUT2D eigenvalue weighted by Gasteiger charge is 2.25. The van der Waals surface area contributed by atoms with Crippen LogP contribution >= 0.6 is 0 Å². The van der Waals surface area contributed by atoms with Crippen molar-refractivity contribution >= 4 is 15.8 Å². The monoisotopic (exact) mass is 508 g/mol. The molecule has 8 heteroatoms. The molecular weight excluding hydrogens is 472 g/mol. The Bertz CT molecular complexity index is 1290. The second-order valence-electron chi connectivity index (χ2n) is 10.5. The molecule has 192 valence electrons. The first-order valence-electron chi connectivity index (χ1n) is 12.4. The Labute approximate surface area is 215 Å². The van der Waals surface area contributed by atoms with Crippen LogP contribution in [-0.2, 0) is 21.4 Å². The largest absolute Gasteiger partial charge is 0.373 e. The van der Waals surface area contributed by atoms with Crippen LogP contribution in [0.25, 0.3) is 11.1 Å². The molecular formula is C28H36N4O3S. The van der Waals surface area contributed by atoms with Crippen LogP contribution in [0.1, 0.15) is 50.6 Å². The fraction of sp³-hybridized carbons (Fsp3) is 0.429. The number of piperidine rings is 1. The average molecular weight is 509 g/mol. The Hall–Kier alpha value is -2.81. The lowest BCUT2D eigenvalue weighted by Crippen LogP contribution is -2.40. The number of nitrogens with one attached hydrogen (secondary N) is 1. The maximum absolute atomic E-state index is 13.1. The first kappa shape index (κ1) is 26.3. The van der Waals surface area contributed by atoms with Crippen molar-refractivity contribution in [2.45, 2.75) is 70.6 Å². The molecule has 2 aromatic carbocycles. The summed E-state index contributed by atoms with van der Waals surface area (Å²) in [5.41, 5.74) is 3.08. The van der Waals surface area contributed by atoms with Crippen molar-refractivity contribution in [2.24, 2.45) is 0 Å². The van der Waals surface area contributed by atoms with Crippen LogP contribution in [-0.4, -0.2) is 43.1 Å². The zero-order chi connectivity index (χ0) is 25.9. The highest BCUT2D eigenvalue weighted by atomic mass is 32.2. The SMILES string of the molecule is Cc1ccc(S(=O)(=O)NC(C)(C)C)c(-c2ccc(COC3CCN(c4ccnc(C)n4)CC3)cc2)c1. The first-order valence-corrected chi connectivity index (χ1v) is 13.9. The third-order valence-electron chi connectivity index (χ3n) is 6.14. The van der Waals surface area contributed by atoms with Gasteiger partial charge in [0, 0.05) is 30.4 Å². The fourth-order valence-corrected chi connectivity index (χ4v) is 6.06. The second-order valence-corrected chi connectivity index (χ2v) is 12.2. The molecule has 0 radical (unpaired) electrons. The number of sulfonamides is 1. The smallest absolute Gasteiger partial charge is 0.241 e. The number of nitrogens with zero attached hydrogens (tertiary/aromatic N) is 3. The second kappa shape index (κ2) is 10.7. The van der Waals surface area contributed by atoms with Crippen LogP contribution in [0.15, 0.2) is 59.6 Å². The zero-order valence-electron chi connectivity index (χ0n) is 21.8. The average Bonchev–Trinajstić information content (AvgIpc) is 2.82. The van der Waals surface area contributed by atoms with Gasteiger partial charge in [0.2, 0.25) is 10.0 Å². The molecule has 1 N–H and O–H groups in total. The molecule has 4 rings (SSSR count). The molecule has 1 saturated heterocycles. The number of aryl methyl sites for hydroxylation is 2. The third kappa shape index (κ3) is 6.69. The van der Waals surface area contributed by atoms with E-state index in [0.29, 0.717) is 12.2 Å². The van der Waals surface area contributed by atoms with Crippen molar-refractivity contribution in [1.29, 1.82) is 0 Å². The van der Waals surface area contributed by atoms with Gasteiger partial charge < -0.3 is 9.64 Å². The Morgan fingerprint density at radius 3 is 2.36 bits per heavy atom. The minimum Gasteiger partial charge on any atom is -0.373 e. The van der Waals surface area contributed by atoms with E-state index >= 15 is 0 Å². The lowest BCUT2D eigenvalue weighted by atomic mass is 10.0. The Morgan fingerprint density at radius 1 is 1.03 bits per heavy atom. The number of anilines is 1. The van der Waals surface area contributed by atoms with E-state index < -0.39 is 15.6 Å². The Morgan fingerprint density at radius 2 is 1.72 bits per heavy atom. The number of rotatable bonds is 7. The van der Waals surface area contributed by atoms with Crippen LogP contribution < -0.4 is 9.62 Å². The van der Waals surface area contributed by atoms with Crippen molar-refractivity contribution < 1.29 is 13.2 Å². The highest BCUT2D eigenvalue weighted by Crippen LogP contribution is 2.30. The van der Waals surface area contributed by atoms with E-state index in [1.54, 1.807) is 12.3 Å². The van der Waals surface area contributed by atoms with Gasteiger partial charge in [0.1, 0.15) is 11.6 Å². The van der Waals surface area contributed by atoms with Crippen LogP contribution in [0.2, 0.25) is 0 Å². The number of hydrogen-bond donors (Lipinski definition) is 1. The van der Waals surface area contributed by atoms with Gasteiger partial charge in [-0.3, -0.25) is 0 Å². The number of benzene rings is 2. The number of ether oxygens (including phenoxy) is 1. The van der Waals surface area contributed by atoms with Gasteiger partial charge >= 0.3 is 0 Å². The molecule has 0 amide bonds. The van der Waals surface area contributed by atoms with Crippen LogP contribution in [0.4, 0.5) is 5.82 Å². The van der Waals surface area contributed by atoms with E-state index in [1.165, 1.54) is 0 Å². The minimum atomic E-state index is -3.66. The molecule has 0 unspecified atom stereocenters. The van der Waals surface area contributed by atoms with Gasteiger partial charge in [-0.05, 0) is 70.7 Å². The molecule has 1 fully saturated rings. The summed E-state index contributed by atoms with van der Waals surface area (Å²) in [5, 5.41) is 0. The van der Waals surface area contributed by atoms with E-state index in [1.807, 2.05) is 77.1 Å². The molecule has 1 aliphatic rings. The predicted molar refractivity (Wildman–Crippen MR) is 143 cm³/mol. The van der Waals surface area contributed by atoms with Gasteiger partial charge in [0.05, 0.1) is 17.6 Å². The Balaban J connectivity index is 1.40. The molecule has 0 saturated carbocycles. The quantitative estimate of drug-likeness (QED) is 0.482. The highest BCUT2D eigenvalue weighted by molar-refractivity contribution is 7.89. The lowest BCUT2D eigenvalue weighted by molar-refractivity contribution is 0.0250. The van der Waals surface area contributed by atoms with Gasteiger partial charge in [-0.1, -0.05) is 42.0 Å². The number of hydrogen-bond acceptors (Lipinski definition) is 6. The molecule has 0 spiro atoms. The van der Waals surface area contributed by atoms with E-state index in [2.05, 4.69) is 19.6 Å². The summed E-state index contributed by atoms with van der Waals surface area (Å²) in [6.07, 6.45) is 3.92. The van der Waals surface area contributed by atoms with Gasteiger partial charge in [0.15, 0.2) is 0 Å². The van der Waals surface area contributed by atoms with Crippen LogP contribution in [0, 0.1) is 13.8 Å². The summed E-state index contributed by atoms with van der Waals surface area (Å²) in [5.74, 6) is 1.77. The topological polar surface area (TPSA) is 84.4 Å². The van der Waals surface area contributed by atoms with E-state index in [9.17, 15) is 8.42 Å². The lowest BCUT2D eigenvalue weighted by Gasteiger charge is -2.32. The molecule has 0 aliphatic carbocycles. The summed E-state index contributed by atoms with van der Waals surface area (Å²) >= 11 is 0. The van der Waals surface area contributed by atoms with Gasteiger partial charge in [-0.15, -0.1) is 0 Å². The standard InChI is InChI=1S/C28H36N4O3S/c1-20-6-11-26(36(33,34)31-28(3,4)5)25(18-20)23-9-7-22(8-10-23)19-35-24-13-16-32(17-14-24)27-12-15-29-21(2)30-27/h6-12,15,18,24,31H,13-14,16-17,19H2,1-5H3. The molecule has 0 atom stereocenters. The summed E-state index contributed by atoms with van der Waals surface area (Å²) in [4.78, 5) is 11.3. The minimum absolute atomic E-state index is 0.209. The molecule has 36 heavy (non-hydrogen) atoms. The molecule has 7 nitrogen and oxygen atoms in total. The third-order valence-corrected chi connectivity index (χ3v) is 7.96. The predicted octanol–water partition coefficient (Wildman–Crippen LogP) is 5.02. The maximum Gasteiger partial charge on any atom is 0.241 e. The van der Waals surface area contributed by atoms with Crippen molar-refractivity contribution in [3.63, 3.8) is 0 Å². The first-order chi connectivity index (χ1) is 17.0. The van der Waals surface area contributed by atoms with E-state index in [4.69, 9.17) is 4.74 Å². The van der Waals surface area contributed by atoms with Crippen molar-refractivity contribution in [1.82, 2.24) is 14.7 Å². The molecule has 0 bridgehead atoms. The van der Waals surface area contributed by atoms with Crippen molar-refractivity contribution in [3.05, 3.63) is 71.7 Å². The Kier molecular flexibility index (Phi) is 7.78. The normalized spacial score (nSPS) is 15.3. The number of aromatic nitrogens is 2. The summed E-state index contributed by atoms with van der Waals surface area (Å²) in [7, 11) is -3.66.